The number of carbonyl (C=O) groups excluding carboxylic acids is 3. The molecule has 164 valence electrons. The predicted octanol–water partition coefficient (Wildman–Crippen LogP) is 3.60. The van der Waals surface area contributed by atoms with E-state index in [1.54, 1.807) is 24.3 Å². The quantitative estimate of drug-likeness (QED) is 0.679. The Balaban J connectivity index is 1.67. The van der Waals surface area contributed by atoms with Crippen molar-refractivity contribution >= 4 is 29.1 Å². The molecule has 7 nitrogen and oxygen atoms in total. The molecule has 3 rings (SSSR count). The highest BCUT2D eigenvalue weighted by atomic mass is 16.5. The number of carbonyl (C=O) groups is 3. The fourth-order valence-corrected chi connectivity index (χ4v) is 3.52. The summed E-state index contributed by atoms with van der Waals surface area (Å²) in [4.78, 5) is 39.5. The molecule has 31 heavy (non-hydrogen) atoms. The van der Waals surface area contributed by atoms with Crippen molar-refractivity contribution in [1.29, 1.82) is 0 Å². The molecule has 0 spiro atoms. The first-order valence-electron chi connectivity index (χ1n) is 10.6. The first kappa shape index (κ1) is 22.5. The number of nitrogens with zero attached hydrogens (tertiary/aromatic N) is 1. The fourth-order valence-electron chi connectivity index (χ4n) is 3.52. The van der Waals surface area contributed by atoms with Gasteiger partial charge in [0.05, 0.1) is 0 Å². The summed E-state index contributed by atoms with van der Waals surface area (Å²) in [6.45, 7) is 4.87. The number of amides is 3. The van der Waals surface area contributed by atoms with Crippen LogP contribution in [0.2, 0.25) is 0 Å². The van der Waals surface area contributed by atoms with Gasteiger partial charge >= 0.3 is 0 Å². The summed E-state index contributed by atoms with van der Waals surface area (Å²) in [6.07, 6.45) is 1.84. The van der Waals surface area contributed by atoms with Crippen molar-refractivity contribution in [2.24, 2.45) is 0 Å². The number of ether oxygens (including phenoxy) is 1. The van der Waals surface area contributed by atoms with E-state index in [9.17, 15) is 14.4 Å². The molecule has 1 atom stereocenters. The average molecular weight is 424 g/mol. The number of benzene rings is 2. The lowest BCUT2D eigenvalue weighted by atomic mass is 10.1. The largest absolute Gasteiger partial charge is 0.368 e. The average Bonchev–Trinajstić information content (AvgIpc) is 3.30. The van der Waals surface area contributed by atoms with Gasteiger partial charge in [-0.3, -0.25) is 14.4 Å². The van der Waals surface area contributed by atoms with Gasteiger partial charge < -0.3 is 20.3 Å². The van der Waals surface area contributed by atoms with Crippen LogP contribution in [0.25, 0.3) is 0 Å². The number of nitrogens with one attached hydrogen (secondary N) is 2. The molecule has 7 heteroatoms. The van der Waals surface area contributed by atoms with Gasteiger partial charge in [0.25, 0.3) is 11.8 Å². The molecule has 0 aromatic heterocycles. The van der Waals surface area contributed by atoms with E-state index in [-0.39, 0.29) is 24.3 Å². The van der Waals surface area contributed by atoms with Crippen LogP contribution in [0.4, 0.5) is 11.4 Å². The molecular weight excluding hydrogens is 394 g/mol. The van der Waals surface area contributed by atoms with E-state index in [0.717, 1.165) is 24.1 Å². The second kappa shape index (κ2) is 10.7. The van der Waals surface area contributed by atoms with Crippen LogP contribution in [-0.2, 0) is 14.3 Å². The molecule has 1 heterocycles. The normalized spacial score (nSPS) is 15.4. The fraction of sp³-hybridized carbons (Fsp3) is 0.375. The van der Waals surface area contributed by atoms with E-state index in [2.05, 4.69) is 10.6 Å². The molecule has 1 unspecified atom stereocenters. The standard InChI is InChI=1S/C24H29N3O4/c1-3-13-27(16-22(28)26-20-11-5-4-8-17(20)2)24(30)18-9-6-10-19(15-18)25-23(29)21-12-7-14-31-21/h4-6,8-11,15,21H,3,7,12-14,16H2,1-2H3,(H,25,29)(H,26,28). The van der Waals surface area contributed by atoms with Crippen LogP contribution in [-0.4, -0.2) is 48.4 Å². The maximum atomic E-state index is 13.1. The molecule has 0 saturated carbocycles. The Labute approximate surface area is 182 Å². The number of rotatable bonds is 8. The topological polar surface area (TPSA) is 87.7 Å². The zero-order valence-electron chi connectivity index (χ0n) is 18.0. The zero-order chi connectivity index (χ0) is 22.2. The van der Waals surface area contributed by atoms with Gasteiger partial charge in [-0.05, 0) is 56.0 Å². The SMILES string of the molecule is CCCN(CC(=O)Nc1ccccc1C)C(=O)c1cccc(NC(=O)C2CCCO2)c1. The van der Waals surface area contributed by atoms with E-state index >= 15 is 0 Å². The number of anilines is 2. The maximum Gasteiger partial charge on any atom is 0.254 e. The summed E-state index contributed by atoms with van der Waals surface area (Å²) in [5.74, 6) is -0.709. The minimum atomic E-state index is -0.443. The minimum absolute atomic E-state index is 0.0481. The molecule has 1 aliphatic rings. The molecule has 3 amide bonds. The molecule has 2 aromatic rings. The monoisotopic (exact) mass is 423 g/mol. The smallest absolute Gasteiger partial charge is 0.254 e. The number of aryl methyl sites for hydroxylation is 1. The summed E-state index contributed by atoms with van der Waals surface area (Å²) in [5, 5.41) is 5.69. The van der Waals surface area contributed by atoms with Crippen molar-refractivity contribution in [3.8, 4) is 0 Å². The summed E-state index contributed by atoms with van der Waals surface area (Å²) >= 11 is 0. The van der Waals surface area contributed by atoms with Crippen molar-refractivity contribution in [2.75, 3.05) is 30.3 Å². The van der Waals surface area contributed by atoms with Gasteiger partial charge in [0, 0.05) is 30.1 Å². The van der Waals surface area contributed by atoms with E-state index in [1.165, 1.54) is 4.90 Å². The molecule has 0 bridgehead atoms. The minimum Gasteiger partial charge on any atom is -0.368 e. The molecule has 1 aliphatic heterocycles. The van der Waals surface area contributed by atoms with E-state index in [1.807, 2.05) is 38.1 Å². The van der Waals surface area contributed by atoms with Crippen LogP contribution in [0.1, 0.15) is 42.1 Å². The van der Waals surface area contributed by atoms with Crippen molar-refractivity contribution in [1.82, 2.24) is 4.90 Å². The second-order valence-corrected chi connectivity index (χ2v) is 7.66. The van der Waals surface area contributed by atoms with E-state index < -0.39 is 6.10 Å². The number of hydrogen-bond acceptors (Lipinski definition) is 4. The second-order valence-electron chi connectivity index (χ2n) is 7.66. The first-order valence-corrected chi connectivity index (χ1v) is 10.6. The molecule has 0 aliphatic carbocycles. The van der Waals surface area contributed by atoms with Gasteiger partial charge in [0.15, 0.2) is 0 Å². The highest BCUT2D eigenvalue weighted by Crippen LogP contribution is 2.18. The lowest BCUT2D eigenvalue weighted by Crippen LogP contribution is -2.38. The van der Waals surface area contributed by atoms with Crippen LogP contribution < -0.4 is 10.6 Å². The van der Waals surface area contributed by atoms with Gasteiger partial charge in [-0.25, -0.2) is 0 Å². The van der Waals surface area contributed by atoms with Crippen molar-refractivity contribution in [3.63, 3.8) is 0 Å². The predicted molar refractivity (Wildman–Crippen MR) is 120 cm³/mol. The van der Waals surface area contributed by atoms with E-state index in [0.29, 0.717) is 30.8 Å². The first-order chi connectivity index (χ1) is 15.0. The van der Waals surface area contributed by atoms with Crippen LogP contribution in [0.3, 0.4) is 0 Å². The number of hydrogen-bond donors (Lipinski definition) is 2. The van der Waals surface area contributed by atoms with Crippen molar-refractivity contribution < 1.29 is 19.1 Å². The third kappa shape index (κ3) is 6.15. The molecule has 1 saturated heterocycles. The summed E-state index contributed by atoms with van der Waals surface area (Å²) < 4.78 is 5.40. The maximum absolute atomic E-state index is 13.1. The Morgan fingerprint density at radius 2 is 1.90 bits per heavy atom. The summed E-state index contributed by atoms with van der Waals surface area (Å²) in [6, 6.07) is 14.3. The Morgan fingerprint density at radius 3 is 2.61 bits per heavy atom. The molecule has 1 fully saturated rings. The van der Waals surface area contributed by atoms with Gasteiger partial charge in [0.2, 0.25) is 5.91 Å². The van der Waals surface area contributed by atoms with Gasteiger partial charge in [-0.15, -0.1) is 0 Å². The molecule has 0 radical (unpaired) electrons. The molecular formula is C24H29N3O4. The lowest BCUT2D eigenvalue weighted by Gasteiger charge is -2.22. The van der Waals surface area contributed by atoms with Crippen LogP contribution in [0, 0.1) is 6.92 Å². The Bertz CT molecular complexity index is 938. The van der Waals surface area contributed by atoms with Gasteiger partial charge in [0.1, 0.15) is 12.6 Å². The van der Waals surface area contributed by atoms with Gasteiger partial charge in [-0.1, -0.05) is 31.2 Å². The van der Waals surface area contributed by atoms with Crippen molar-refractivity contribution in [3.05, 3.63) is 59.7 Å². The summed E-state index contributed by atoms with van der Waals surface area (Å²) in [5.41, 5.74) is 2.64. The van der Waals surface area contributed by atoms with Crippen LogP contribution >= 0.6 is 0 Å². The Hall–Kier alpha value is -3.19. The summed E-state index contributed by atoms with van der Waals surface area (Å²) in [7, 11) is 0. The molecule has 2 aromatic carbocycles. The molecule has 2 N–H and O–H groups in total. The zero-order valence-corrected chi connectivity index (χ0v) is 18.0. The van der Waals surface area contributed by atoms with Crippen molar-refractivity contribution in [2.45, 2.75) is 39.2 Å². The highest BCUT2D eigenvalue weighted by molar-refractivity contribution is 6.01. The Morgan fingerprint density at radius 1 is 1.10 bits per heavy atom. The third-order valence-electron chi connectivity index (χ3n) is 5.13. The van der Waals surface area contributed by atoms with Gasteiger partial charge in [-0.2, -0.15) is 0 Å². The van der Waals surface area contributed by atoms with E-state index in [4.69, 9.17) is 4.74 Å². The lowest BCUT2D eigenvalue weighted by molar-refractivity contribution is -0.124. The third-order valence-corrected chi connectivity index (χ3v) is 5.13. The number of para-hydroxylation sites is 1. The highest BCUT2D eigenvalue weighted by Gasteiger charge is 2.24. The van der Waals surface area contributed by atoms with Crippen LogP contribution in [0.15, 0.2) is 48.5 Å². The Kier molecular flexibility index (Phi) is 7.78. The van der Waals surface area contributed by atoms with Crippen LogP contribution in [0.5, 0.6) is 0 Å².